The van der Waals surface area contributed by atoms with Gasteiger partial charge in [0.15, 0.2) is 18.1 Å². The summed E-state index contributed by atoms with van der Waals surface area (Å²) in [6.45, 7) is 4.11. The van der Waals surface area contributed by atoms with Crippen LogP contribution in [0.25, 0.3) is 16.7 Å². The summed E-state index contributed by atoms with van der Waals surface area (Å²) >= 11 is 0. The van der Waals surface area contributed by atoms with Gasteiger partial charge in [0.25, 0.3) is 5.91 Å². The molecule has 8 heteroatoms. The maximum Gasteiger partial charge on any atom is 0.262 e. The van der Waals surface area contributed by atoms with Gasteiger partial charge in [-0.15, -0.1) is 15.0 Å². The maximum atomic E-state index is 12.8. The Morgan fingerprint density at radius 1 is 1.06 bits per heavy atom. The zero-order valence-electron chi connectivity index (χ0n) is 18.5. The van der Waals surface area contributed by atoms with E-state index in [9.17, 15) is 4.79 Å². The van der Waals surface area contributed by atoms with E-state index in [0.29, 0.717) is 28.6 Å². The van der Waals surface area contributed by atoms with Gasteiger partial charge in [-0.25, -0.2) is 0 Å². The Balaban J connectivity index is 1.34. The highest BCUT2D eigenvalue weighted by molar-refractivity contribution is 5.93. The largest absolute Gasteiger partial charge is 0.481 e. The second-order valence-corrected chi connectivity index (χ2v) is 7.90. The molecule has 168 valence electrons. The van der Waals surface area contributed by atoms with Crippen LogP contribution in [0.4, 0.5) is 5.69 Å². The summed E-state index contributed by atoms with van der Waals surface area (Å²) in [5.74, 6) is 1.59. The van der Waals surface area contributed by atoms with Crippen molar-refractivity contribution >= 4 is 22.6 Å². The Kier molecular flexibility index (Phi) is 5.56. The van der Waals surface area contributed by atoms with Crippen LogP contribution in [-0.4, -0.2) is 34.3 Å². The van der Waals surface area contributed by atoms with E-state index in [1.165, 1.54) is 0 Å². The lowest BCUT2D eigenvalue weighted by molar-refractivity contribution is -0.118. The van der Waals surface area contributed by atoms with Gasteiger partial charge < -0.3 is 19.5 Å². The molecule has 1 aliphatic rings. The Morgan fingerprint density at radius 2 is 1.79 bits per heavy atom. The lowest BCUT2D eigenvalue weighted by atomic mass is 10.1. The Bertz CT molecular complexity index is 1300. The topological polar surface area (TPSA) is 87.5 Å². The number of nitrogens with one attached hydrogen (secondary N) is 1. The van der Waals surface area contributed by atoms with E-state index in [4.69, 9.17) is 14.2 Å². The molecule has 0 unspecified atom stereocenters. The first-order valence-electron chi connectivity index (χ1n) is 10.9. The number of benzene rings is 3. The van der Waals surface area contributed by atoms with Crippen molar-refractivity contribution in [2.45, 2.75) is 26.7 Å². The van der Waals surface area contributed by atoms with Crippen LogP contribution in [-0.2, 0) is 11.2 Å². The third-order valence-electron chi connectivity index (χ3n) is 5.37. The van der Waals surface area contributed by atoms with Crippen LogP contribution in [0.2, 0.25) is 0 Å². The van der Waals surface area contributed by atoms with Crippen molar-refractivity contribution in [3.8, 4) is 22.9 Å². The summed E-state index contributed by atoms with van der Waals surface area (Å²) in [5.41, 5.74) is 4.99. The van der Waals surface area contributed by atoms with Gasteiger partial charge in [-0.3, -0.25) is 4.79 Å². The lowest BCUT2D eigenvalue weighted by Gasteiger charge is -2.14. The number of fused-ring (bicyclic) bond motifs is 2. The standard InChI is InChI=1S/C25H24N4O4/c1-3-6-17-12-23-24(33-15-32-23)13-20(17)26-25(30)14-31-22-10-9-16(2)11-21(22)29-27-18-7-4-5-8-19(18)28-29/h4-5,7-13H,3,6,14-15H2,1-2H3,(H,26,30). The van der Waals surface area contributed by atoms with E-state index >= 15 is 0 Å². The molecule has 8 nitrogen and oxygen atoms in total. The SMILES string of the molecule is CCCc1cc2c(cc1NC(=O)COc1ccc(C)cc1-n1nc3ccccc3n1)OCO2. The van der Waals surface area contributed by atoms with Crippen LogP contribution in [0.5, 0.6) is 17.2 Å². The minimum absolute atomic E-state index is 0.156. The number of hydrogen-bond acceptors (Lipinski definition) is 6. The second-order valence-electron chi connectivity index (χ2n) is 7.90. The Hall–Kier alpha value is -4.07. The quantitative estimate of drug-likeness (QED) is 0.454. The minimum Gasteiger partial charge on any atom is -0.481 e. The highest BCUT2D eigenvalue weighted by Crippen LogP contribution is 2.37. The number of amides is 1. The van der Waals surface area contributed by atoms with Crippen molar-refractivity contribution < 1.29 is 19.0 Å². The van der Waals surface area contributed by atoms with Crippen molar-refractivity contribution in [3.63, 3.8) is 0 Å². The summed E-state index contributed by atoms with van der Waals surface area (Å²) in [6, 6.07) is 17.1. The number of aryl methyl sites for hydroxylation is 2. The molecule has 1 aromatic heterocycles. The van der Waals surface area contributed by atoms with Gasteiger partial charge in [-0.2, -0.15) is 0 Å². The molecule has 3 aromatic carbocycles. The van der Waals surface area contributed by atoms with Crippen LogP contribution in [0.1, 0.15) is 24.5 Å². The van der Waals surface area contributed by atoms with E-state index in [-0.39, 0.29) is 19.3 Å². The van der Waals surface area contributed by atoms with Gasteiger partial charge in [0.2, 0.25) is 6.79 Å². The van der Waals surface area contributed by atoms with E-state index in [2.05, 4.69) is 22.4 Å². The summed E-state index contributed by atoms with van der Waals surface area (Å²) in [5, 5.41) is 12.0. The molecule has 0 bridgehead atoms. The summed E-state index contributed by atoms with van der Waals surface area (Å²) < 4.78 is 16.8. The molecule has 0 spiro atoms. The van der Waals surface area contributed by atoms with Crippen molar-refractivity contribution in [2.24, 2.45) is 0 Å². The lowest BCUT2D eigenvalue weighted by Crippen LogP contribution is -2.21. The molecule has 5 rings (SSSR count). The molecule has 33 heavy (non-hydrogen) atoms. The number of aromatic nitrogens is 3. The molecule has 1 N–H and O–H groups in total. The predicted molar refractivity (Wildman–Crippen MR) is 124 cm³/mol. The van der Waals surface area contributed by atoms with E-state index in [0.717, 1.165) is 35.0 Å². The summed E-state index contributed by atoms with van der Waals surface area (Å²) in [6.07, 6.45) is 1.75. The summed E-state index contributed by atoms with van der Waals surface area (Å²) in [4.78, 5) is 14.3. The van der Waals surface area contributed by atoms with Crippen LogP contribution >= 0.6 is 0 Å². The molecule has 0 saturated carbocycles. The fraction of sp³-hybridized carbons (Fsp3) is 0.240. The van der Waals surface area contributed by atoms with Gasteiger partial charge in [0.05, 0.1) is 0 Å². The third kappa shape index (κ3) is 4.32. The average molecular weight is 444 g/mol. The van der Waals surface area contributed by atoms with Gasteiger partial charge >= 0.3 is 0 Å². The number of ether oxygens (including phenoxy) is 3. The van der Waals surface area contributed by atoms with Crippen LogP contribution in [0, 0.1) is 6.92 Å². The number of anilines is 1. The van der Waals surface area contributed by atoms with E-state index in [1.807, 2.05) is 61.5 Å². The van der Waals surface area contributed by atoms with Crippen LogP contribution in [0.3, 0.4) is 0 Å². The molecule has 0 fully saturated rings. The minimum atomic E-state index is -0.267. The normalized spacial score (nSPS) is 12.2. The van der Waals surface area contributed by atoms with Crippen molar-refractivity contribution in [1.82, 2.24) is 15.0 Å². The molecule has 0 aliphatic carbocycles. The Morgan fingerprint density at radius 3 is 2.52 bits per heavy atom. The highest BCUT2D eigenvalue weighted by atomic mass is 16.7. The molecular weight excluding hydrogens is 420 g/mol. The summed E-state index contributed by atoms with van der Waals surface area (Å²) in [7, 11) is 0. The fourth-order valence-corrected chi connectivity index (χ4v) is 3.78. The second kappa shape index (κ2) is 8.82. The first kappa shape index (κ1) is 20.8. The van der Waals surface area contributed by atoms with Gasteiger partial charge in [-0.1, -0.05) is 31.5 Å². The highest BCUT2D eigenvalue weighted by Gasteiger charge is 2.19. The first-order chi connectivity index (χ1) is 16.1. The molecule has 0 atom stereocenters. The molecular formula is C25H24N4O4. The smallest absolute Gasteiger partial charge is 0.262 e. The number of rotatable bonds is 7. The predicted octanol–water partition coefficient (Wildman–Crippen LogP) is 4.43. The molecule has 0 radical (unpaired) electrons. The van der Waals surface area contributed by atoms with Crippen LogP contribution in [0.15, 0.2) is 54.6 Å². The van der Waals surface area contributed by atoms with Gasteiger partial charge in [0, 0.05) is 11.8 Å². The molecule has 0 saturated heterocycles. The van der Waals surface area contributed by atoms with E-state index in [1.54, 1.807) is 4.80 Å². The average Bonchev–Trinajstić information content (AvgIpc) is 3.45. The third-order valence-corrected chi connectivity index (χ3v) is 5.37. The zero-order valence-corrected chi connectivity index (χ0v) is 18.5. The fourth-order valence-electron chi connectivity index (χ4n) is 3.78. The Labute approximate surface area is 191 Å². The van der Waals surface area contributed by atoms with Crippen molar-refractivity contribution in [1.29, 1.82) is 0 Å². The molecule has 1 amide bonds. The number of hydrogen-bond donors (Lipinski definition) is 1. The van der Waals surface area contributed by atoms with E-state index < -0.39 is 0 Å². The van der Waals surface area contributed by atoms with Crippen molar-refractivity contribution in [3.05, 3.63) is 65.7 Å². The molecule has 2 heterocycles. The monoisotopic (exact) mass is 444 g/mol. The maximum absolute atomic E-state index is 12.8. The molecule has 4 aromatic rings. The zero-order chi connectivity index (χ0) is 22.8. The number of carbonyl (C=O) groups is 1. The van der Waals surface area contributed by atoms with Gasteiger partial charge in [-0.05, 0) is 54.8 Å². The molecule has 1 aliphatic heterocycles. The first-order valence-corrected chi connectivity index (χ1v) is 10.9. The van der Waals surface area contributed by atoms with Gasteiger partial charge in [0.1, 0.15) is 22.5 Å². The number of carbonyl (C=O) groups excluding carboxylic acids is 1. The number of nitrogens with zero attached hydrogens (tertiary/aromatic N) is 3. The van der Waals surface area contributed by atoms with Crippen LogP contribution < -0.4 is 19.5 Å². The van der Waals surface area contributed by atoms with Crippen molar-refractivity contribution in [2.75, 3.05) is 18.7 Å².